The van der Waals surface area contributed by atoms with Crippen LogP contribution in [-0.2, 0) is 23.3 Å². The molecule has 0 amide bonds. The molecule has 3 aromatic heterocycles. The van der Waals surface area contributed by atoms with Gasteiger partial charge in [0.25, 0.3) is 0 Å². The van der Waals surface area contributed by atoms with Gasteiger partial charge in [0.2, 0.25) is 11.8 Å². The predicted octanol–water partition coefficient (Wildman–Crippen LogP) is 6.11. The fourth-order valence-corrected chi connectivity index (χ4v) is 4.81. The summed E-state index contributed by atoms with van der Waals surface area (Å²) in [6, 6.07) is 18.3. The first-order valence-corrected chi connectivity index (χ1v) is 14.9. The standard InChI is InChI=1S/C35H36FN7O5/c1-21-39-31(28-15-24(35(2,3)33(44)45)17-37-30(28)41-25-16-29(36)32(48-6)38-18-25)42-34(40-21)43(19-22-7-11-26(46-4)12-8-22)20-23-9-13-27(47-5)14-10-23/h7-18H,19-20H2,1-6H3,(H,37,41)(H,44,45). The maximum atomic E-state index is 14.6. The molecule has 0 aliphatic carbocycles. The molecule has 2 aromatic carbocycles. The monoisotopic (exact) mass is 653 g/mol. The minimum absolute atomic E-state index is 0.154. The number of aryl methyl sites for hydroxylation is 1. The number of aliphatic carboxylic acids is 1. The number of rotatable bonds is 13. The molecule has 5 rings (SSSR count). The molecule has 2 N–H and O–H groups in total. The van der Waals surface area contributed by atoms with Crippen molar-refractivity contribution < 1.29 is 28.5 Å². The summed E-state index contributed by atoms with van der Waals surface area (Å²) in [4.78, 5) is 37.0. The van der Waals surface area contributed by atoms with Crippen molar-refractivity contribution in [3.05, 3.63) is 101 Å². The first-order chi connectivity index (χ1) is 23.0. The second kappa shape index (κ2) is 14.3. The summed E-state index contributed by atoms with van der Waals surface area (Å²) in [5, 5.41) is 13.1. The molecule has 48 heavy (non-hydrogen) atoms. The lowest BCUT2D eigenvalue weighted by Gasteiger charge is -2.24. The van der Waals surface area contributed by atoms with Crippen molar-refractivity contribution in [3.63, 3.8) is 0 Å². The van der Waals surface area contributed by atoms with Gasteiger partial charge in [-0.25, -0.2) is 19.3 Å². The second-order valence-electron chi connectivity index (χ2n) is 11.4. The van der Waals surface area contributed by atoms with Crippen molar-refractivity contribution in [1.82, 2.24) is 24.9 Å². The number of benzene rings is 2. The van der Waals surface area contributed by atoms with Crippen LogP contribution in [0.2, 0.25) is 0 Å². The molecule has 0 saturated carbocycles. The Kier molecular flexibility index (Phi) is 9.97. The van der Waals surface area contributed by atoms with E-state index in [4.69, 9.17) is 24.2 Å². The Balaban J connectivity index is 1.61. The Morgan fingerprint density at radius 2 is 1.46 bits per heavy atom. The molecular formula is C35H36FN7O5. The van der Waals surface area contributed by atoms with E-state index in [1.807, 2.05) is 53.4 Å². The van der Waals surface area contributed by atoms with Gasteiger partial charge < -0.3 is 29.5 Å². The summed E-state index contributed by atoms with van der Waals surface area (Å²) in [7, 11) is 4.56. The van der Waals surface area contributed by atoms with E-state index < -0.39 is 17.2 Å². The zero-order chi connectivity index (χ0) is 34.4. The van der Waals surface area contributed by atoms with Gasteiger partial charge in [-0.1, -0.05) is 24.3 Å². The second-order valence-corrected chi connectivity index (χ2v) is 11.4. The molecule has 248 valence electrons. The first-order valence-electron chi connectivity index (χ1n) is 14.9. The number of aromatic nitrogens is 5. The van der Waals surface area contributed by atoms with E-state index in [0.717, 1.165) is 22.6 Å². The molecule has 12 nitrogen and oxygen atoms in total. The van der Waals surface area contributed by atoms with Crippen LogP contribution in [0.25, 0.3) is 11.4 Å². The van der Waals surface area contributed by atoms with E-state index >= 15 is 0 Å². The van der Waals surface area contributed by atoms with Gasteiger partial charge in [-0.2, -0.15) is 9.97 Å². The number of halogens is 1. The maximum Gasteiger partial charge on any atom is 0.313 e. The Labute approximate surface area is 277 Å². The van der Waals surface area contributed by atoms with E-state index in [-0.39, 0.29) is 17.5 Å². The van der Waals surface area contributed by atoms with Crippen LogP contribution in [-0.4, -0.2) is 57.3 Å². The predicted molar refractivity (Wildman–Crippen MR) is 178 cm³/mol. The highest BCUT2D eigenvalue weighted by Crippen LogP contribution is 2.33. The summed E-state index contributed by atoms with van der Waals surface area (Å²) in [6.07, 6.45) is 2.86. The SMILES string of the molecule is COc1ccc(CN(Cc2ccc(OC)cc2)c2nc(C)nc(-c3cc(C(C)(C)C(=O)O)cnc3Nc3cnc(OC)c(F)c3)n2)cc1. The summed E-state index contributed by atoms with van der Waals surface area (Å²) >= 11 is 0. The number of pyridine rings is 2. The zero-order valence-corrected chi connectivity index (χ0v) is 27.5. The molecule has 5 aromatic rings. The molecule has 0 saturated heterocycles. The summed E-state index contributed by atoms with van der Waals surface area (Å²) in [6.45, 7) is 5.82. The fourth-order valence-electron chi connectivity index (χ4n) is 4.81. The first kappa shape index (κ1) is 33.5. The van der Waals surface area contributed by atoms with Crippen molar-refractivity contribution >= 4 is 23.4 Å². The number of hydrogen-bond donors (Lipinski definition) is 2. The van der Waals surface area contributed by atoms with Gasteiger partial charge >= 0.3 is 5.97 Å². The topological polar surface area (TPSA) is 145 Å². The number of hydrogen-bond acceptors (Lipinski definition) is 11. The average molecular weight is 654 g/mol. The molecular weight excluding hydrogens is 617 g/mol. The molecule has 0 fully saturated rings. The Morgan fingerprint density at radius 3 is 1.98 bits per heavy atom. The van der Waals surface area contributed by atoms with Crippen LogP contribution in [0.1, 0.15) is 36.4 Å². The number of carboxylic acid groups (broad SMARTS) is 1. The third-order valence-electron chi connectivity index (χ3n) is 7.73. The lowest BCUT2D eigenvalue weighted by molar-refractivity contribution is -0.142. The lowest BCUT2D eigenvalue weighted by atomic mass is 9.85. The molecule has 0 radical (unpaired) electrons. The van der Waals surface area contributed by atoms with Crippen molar-refractivity contribution in [1.29, 1.82) is 0 Å². The molecule has 3 heterocycles. The molecule has 0 unspecified atom stereocenters. The third kappa shape index (κ3) is 7.57. The van der Waals surface area contributed by atoms with Crippen molar-refractivity contribution in [2.75, 3.05) is 31.5 Å². The Hall–Kier alpha value is -5.85. The minimum atomic E-state index is -1.28. The van der Waals surface area contributed by atoms with Gasteiger partial charge in [-0.3, -0.25) is 4.79 Å². The van der Waals surface area contributed by atoms with Crippen LogP contribution < -0.4 is 24.4 Å². The highest BCUT2D eigenvalue weighted by atomic mass is 19.1. The van der Waals surface area contributed by atoms with E-state index in [0.29, 0.717) is 41.7 Å². The van der Waals surface area contributed by atoms with Gasteiger partial charge in [0.15, 0.2) is 11.6 Å². The van der Waals surface area contributed by atoms with E-state index in [1.54, 1.807) is 41.1 Å². The summed E-state index contributed by atoms with van der Waals surface area (Å²) < 4.78 is 30.2. The van der Waals surface area contributed by atoms with Gasteiger partial charge in [0.05, 0.1) is 44.2 Å². The molecule has 0 atom stereocenters. The average Bonchev–Trinajstić information content (AvgIpc) is 3.08. The van der Waals surface area contributed by atoms with Gasteiger partial charge in [-0.15, -0.1) is 0 Å². The lowest BCUT2D eigenvalue weighted by Crippen LogP contribution is -2.29. The normalized spacial score (nSPS) is 11.1. The zero-order valence-electron chi connectivity index (χ0n) is 27.5. The van der Waals surface area contributed by atoms with Gasteiger partial charge in [-0.05, 0) is 67.8 Å². The van der Waals surface area contributed by atoms with E-state index in [2.05, 4.69) is 20.3 Å². The Morgan fingerprint density at radius 1 is 0.854 bits per heavy atom. The quantitative estimate of drug-likeness (QED) is 0.151. The van der Waals surface area contributed by atoms with E-state index in [9.17, 15) is 14.3 Å². The molecule has 0 aliphatic heterocycles. The number of nitrogens with one attached hydrogen (secondary N) is 1. The number of nitrogens with zero attached hydrogens (tertiary/aromatic N) is 6. The molecule has 0 aliphatic rings. The van der Waals surface area contributed by atoms with Crippen molar-refractivity contribution in [2.24, 2.45) is 0 Å². The molecule has 0 bridgehead atoms. The van der Waals surface area contributed by atoms with Gasteiger partial charge in [0.1, 0.15) is 23.1 Å². The van der Waals surface area contributed by atoms with Crippen molar-refractivity contribution in [2.45, 2.75) is 39.3 Å². The maximum absolute atomic E-state index is 14.6. The number of carboxylic acids is 1. The van der Waals surface area contributed by atoms with Crippen LogP contribution in [0.3, 0.4) is 0 Å². The third-order valence-corrected chi connectivity index (χ3v) is 7.73. The minimum Gasteiger partial charge on any atom is -0.497 e. The van der Waals surface area contributed by atoms with Crippen LogP contribution in [0, 0.1) is 12.7 Å². The molecule has 13 heteroatoms. The summed E-state index contributed by atoms with van der Waals surface area (Å²) in [5.41, 5.74) is 1.80. The van der Waals surface area contributed by atoms with Crippen LogP contribution in [0.5, 0.6) is 17.4 Å². The van der Waals surface area contributed by atoms with E-state index in [1.165, 1.54) is 25.6 Å². The number of carbonyl (C=O) groups is 1. The molecule has 0 spiro atoms. The van der Waals surface area contributed by atoms with Crippen LogP contribution >= 0.6 is 0 Å². The van der Waals surface area contributed by atoms with Crippen LogP contribution in [0.15, 0.2) is 73.1 Å². The number of ether oxygens (including phenoxy) is 3. The Bertz CT molecular complexity index is 1850. The highest BCUT2D eigenvalue weighted by molar-refractivity contribution is 5.82. The van der Waals surface area contributed by atoms with Crippen molar-refractivity contribution in [3.8, 4) is 28.8 Å². The summed E-state index contributed by atoms with van der Waals surface area (Å²) in [5.74, 6) is 0.939. The largest absolute Gasteiger partial charge is 0.497 e. The number of methoxy groups -OCH3 is 3. The highest BCUT2D eigenvalue weighted by Gasteiger charge is 2.31. The number of anilines is 3. The fraction of sp³-hybridized carbons (Fsp3) is 0.257. The van der Waals surface area contributed by atoms with Crippen LogP contribution in [0.4, 0.5) is 21.8 Å². The van der Waals surface area contributed by atoms with Gasteiger partial charge in [0, 0.05) is 25.4 Å². The smallest absolute Gasteiger partial charge is 0.313 e.